The highest BCUT2D eigenvalue weighted by molar-refractivity contribution is 6.91. The predicted molar refractivity (Wildman–Crippen MR) is 314 cm³/mol. The number of benzene rings is 4. The highest BCUT2D eigenvalue weighted by atomic mass is 28.3. The van der Waals surface area contributed by atoms with Crippen molar-refractivity contribution in [1.29, 1.82) is 0 Å². The van der Waals surface area contributed by atoms with Crippen molar-refractivity contribution in [2.24, 2.45) is 0 Å². The molecule has 0 radical (unpaired) electrons. The third-order valence-electron chi connectivity index (χ3n) is 14.3. The van der Waals surface area contributed by atoms with Crippen LogP contribution in [0.4, 0.5) is 0 Å². The molecule has 364 valence electrons. The fourth-order valence-electron chi connectivity index (χ4n) is 10.6. The monoisotopic (exact) mass is 957 g/mol. The van der Waals surface area contributed by atoms with Gasteiger partial charge in [0.25, 0.3) is 0 Å². The van der Waals surface area contributed by atoms with Crippen LogP contribution in [0, 0.1) is 70.3 Å². The number of allylic oxidation sites excluding steroid dienone is 4. The van der Waals surface area contributed by atoms with E-state index in [-0.39, 0.29) is 0 Å². The average molecular weight is 958 g/mol. The van der Waals surface area contributed by atoms with Crippen molar-refractivity contribution < 1.29 is 0 Å². The second-order valence-corrected chi connectivity index (χ2v) is 32.3. The summed E-state index contributed by atoms with van der Waals surface area (Å²) in [4.78, 5) is 0. The minimum absolute atomic E-state index is 0.614. The maximum atomic E-state index is 3.86. The summed E-state index contributed by atoms with van der Waals surface area (Å²) in [5.74, 6) is 35.4. The molecule has 0 bridgehead atoms. The molecule has 0 fully saturated rings. The van der Waals surface area contributed by atoms with E-state index < -0.39 is 16.1 Å². The Kier molecular flexibility index (Phi) is 22.6. The van der Waals surface area contributed by atoms with E-state index in [9.17, 15) is 0 Å². The highest BCUT2D eigenvalue weighted by Crippen LogP contribution is 2.42. The molecule has 0 aromatic heterocycles. The number of hydrogen-bond donors (Lipinski definition) is 0. The van der Waals surface area contributed by atoms with E-state index in [0.717, 1.165) is 118 Å². The van der Waals surface area contributed by atoms with Gasteiger partial charge in [0.15, 0.2) is 0 Å². The lowest BCUT2D eigenvalue weighted by Crippen LogP contribution is -2.43. The van der Waals surface area contributed by atoms with Gasteiger partial charge in [0, 0.05) is 55.7 Å². The van der Waals surface area contributed by atoms with E-state index >= 15 is 0 Å². The molecule has 0 saturated heterocycles. The SMILES string of the molecule is CCC/C(C#Cc1ccc(C#C[Si](C(C)C)(C(C)C)C(C)C)cc1)=C(\C#Cc1ccc2cc(C#C/C(CCC)=C(/C#Cc3ccc(C#C[Si](C(C)C)(C(C)C)C(C)C)cc3)CCC)ccc2c1)CCC. The fraction of sp³-hybridized carbons (Fsp3) is 0.441. The molecule has 0 aliphatic carbocycles. The van der Waals surface area contributed by atoms with Gasteiger partial charge >= 0.3 is 0 Å². The molecule has 0 heterocycles. The maximum absolute atomic E-state index is 3.86. The topological polar surface area (TPSA) is 0 Å². The van der Waals surface area contributed by atoms with Crippen LogP contribution in [0.3, 0.4) is 0 Å². The van der Waals surface area contributed by atoms with Crippen molar-refractivity contribution in [2.75, 3.05) is 0 Å². The molecular formula is C68H84Si2. The third kappa shape index (κ3) is 15.2. The molecule has 0 spiro atoms. The van der Waals surface area contributed by atoms with Gasteiger partial charge in [-0.3, -0.25) is 0 Å². The lowest BCUT2D eigenvalue weighted by molar-refractivity contribution is 0.838. The molecular weight excluding hydrogens is 873 g/mol. The van der Waals surface area contributed by atoms with Crippen molar-refractivity contribution in [2.45, 2.75) is 195 Å². The van der Waals surface area contributed by atoms with Gasteiger partial charge in [0.05, 0.1) is 0 Å². The van der Waals surface area contributed by atoms with Gasteiger partial charge in [-0.1, -0.05) is 208 Å². The second-order valence-electron chi connectivity index (χ2n) is 21.1. The first-order chi connectivity index (χ1) is 33.4. The summed E-state index contributed by atoms with van der Waals surface area (Å²) in [6, 6.07) is 30.1. The van der Waals surface area contributed by atoms with Gasteiger partial charge in [-0.15, -0.1) is 11.1 Å². The maximum Gasteiger partial charge on any atom is 0.146 e. The molecule has 0 atom stereocenters. The van der Waals surface area contributed by atoms with E-state index in [1.165, 1.54) is 0 Å². The molecule has 4 aromatic carbocycles. The highest BCUT2D eigenvalue weighted by Gasteiger charge is 2.42. The van der Waals surface area contributed by atoms with E-state index in [1.807, 2.05) is 0 Å². The van der Waals surface area contributed by atoms with Crippen molar-refractivity contribution in [3.8, 4) is 70.3 Å². The summed E-state index contributed by atoms with van der Waals surface area (Å²) in [5, 5.41) is 2.32. The van der Waals surface area contributed by atoms with Gasteiger partial charge in [-0.2, -0.15) is 0 Å². The molecule has 4 aromatic rings. The first-order valence-corrected chi connectivity index (χ1v) is 31.2. The molecule has 0 aliphatic rings. The van der Waals surface area contributed by atoms with Crippen LogP contribution in [0.1, 0.15) is 196 Å². The second kappa shape index (κ2) is 27.7. The zero-order chi connectivity index (χ0) is 51.4. The quantitative estimate of drug-likeness (QED) is 0.0873. The van der Waals surface area contributed by atoms with Crippen molar-refractivity contribution in [3.63, 3.8) is 0 Å². The van der Waals surface area contributed by atoms with Crippen LogP contribution in [0.2, 0.25) is 33.2 Å². The molecule has 70 heavy (non-hydrogen) atoms. The molecule has 0 amide bonds. The Bertz CT molecular complexity index is 2590. The van der Waals surface area contributed by atoms with Crippen LogP contribution < -0.4 is 0 Å². The van der Waals surface area contributed by atoms with E-state index in [1.54, 1.807) is 0 Å². The van der Waals surface area contributed by atoms with Crippen molar-refractivity contribution in [1.82, 2.24) is 0 Å². The predicted octanol–water partition coefficient (Wildman–Crippen LogP) is 18.6. The summed E-state index contributed by atoms with van der Waals surface area (Å²) >= 11 is 0. The largest absolute Gasteiger partial charge is 0.146 e. The van der Waals surface area contributed by atoms with E-state index in [2.05, 4.69) is 266 Å². The lowest BCUT2D eigenvalue weighted by atomic mass is 9.98. The fourth-order valence-corrected chi connectivity index (χ4v) is 21.1. The van der Waals surface area contributed by atoms with Crippen molar-refractivity contribution >= 4 is 26.9 Å². The van der Waals surface area contributed by atoms with Gasteiger partial charge in [-0.25, -0.2) is 0 Å². The minimum Gasteiger partial charge on any atom is -0.125 e. The molecule has 0 saturated carbocycles. The number of hydrogen-bond acceptors (Lipinski definition) is 0. The summed E-state index contributed by atoms with van der Waals surface area (Å²) in [6.45, 7) is 37.3. The standard InChI is InChI=1S/C68H84Si2/c1-17-21-63(39-33-57-25-29-59(30-26-57)45-47-69(51(5)6,52(7)8)53(9)10)65(23-19-3)41-35-61-37-43-68-50-62(38-44-67(68)49-61)36-42-66(24-20-4)64(22-18-2)40-34-58-27-31-60(32-28-58)46-48-70(54(11)12,55(13)14)56(15)16/h25-32,37-38,43-44,49-56H,17-24H2,1-16H3/b65-63+,66-64+. The molecule has 0 unspecified atom stereocenters. The van der Waals surface area contributed by atoms with Crippen LogP contribution in [-0.4, -0.2) is 16.1 Å². The molecule has 0 N–H and O–H groups in total. The van der Waals surface area contributed by atoms with Crippen molar-refractivity contribution in [3.05, 3.63) is 141 Å². The molecule has 4 rings (SSSR count). The lowest BCUT2D eigenvalue weighted by Gasteiger charge is -2.38. The first kappa shape index (κ1) is 57.0. The Morgan fingerprint density at radius 1 is 0.314 bits per heavy atom. The Hall–Kier alpha value is -5.59. The van der Waals surface area contributed by atoms with Crippen LogP contribution in [0.5, 0.6) is 0 Å². The van der Waals surface area contributed by atoms with E-state index in [4.69, 9.17) is 0 Å². The van der Waals surface area contributed by atoms with Crippen LogP contribution in [-0.2, 0) is 0 Å². The molecule has 0 aliphatic heterocycles. The van der Waals surface area contributed by atoms with Gasteiger partial charge in [-0.05, 0) is 142 Å². The summed E-state index contributed by atoms with van der Waals surface area (Å²) in [7, 11) is -3.57. The number of rotatable bonds is 14. The van der Waals surface area contributed by atoms with Gasteiger partial charge in [0.2, 0.25) is 0 Å². The zero-order valence-corrected chi connectivity index (χ0v) is 48.2. The Morgan fingerprint density at radius 3 is 0.757 bits per heavy atom. The average Bonchev–Trinajstić information content (AvgIpc) is 3.32. The zero-order valence-electron chi connectivity index (χ0n) is 46.2. The molecule has 0 nitrogen and oxygen atoms in total. The minimum atomic E-state index is -1.79. The summed E-state index contributed by atoms with van der Waals surface area (Å²) < 4.78 is 0. The van der Waals surface area contributed by atoms with Crippen LogP contribution in [0.15, 0.2) is 107 Å². The van der Waals surface area contributed by atoms with Gasteiger partial charge in [0.1, 0.15) is 16.1 Å². The third-order valence-corrected chi connectivity index (χ3v) is 26.9. The normalized spacial score (nSPS) is 12.1. The smallest absolute Gasteiger partial charge is 0.125 e. The Labute approximate surface area is 430 Å². The Morgan fingerprint density at radius 2 is 0.529 bits per heavy atom. The van der Waals surface area contributed by atoms with Crippen LogP contribution >= 0.6 is 0 Å². The Balaban J connectivity index is 1.59. The first-order valence-electron chi connectivity index (χ1n) is 26.8. The van der Waals surface area contributed by atoms with Gasteiger partial charge < -0.3 is 0 Å². The van der Waals surface area contributed by atoms with Crippen LogP contribution in [0.25, 0.3) is 10.8 Å². The number of fused-ring (bicyclic) bond motifs is 1. The molecule has 2 heteroatoms. The summed E-state index contributed by atoms with van der Waals surface area (Å²) in [5.41, 5.74) is 22.2. The van der Waals surface area contributed by atoms with E-state index in [0.29, 0.717) is 33.2 Å². The summed E-state index contributed by atoms with van der Waals surface area (Å²) in [6.07, 6.45) is 7.73.